The molecule has 0 bridgehead atoms. The van der Waals surface area contributed by atoms with E-state index in [9.17, 15) is 18.0 Å². The highest BCUT2D eigenvalue weighted by Crippen LogP contribution is 2.26. The first kappa shape index (κ1) is 28.2. The number of rotatable bonds is 11. The van der Waals surface area contributed by atoms with Crippen LogP contribution in [0, 0.1) is 0 Å². The van der Waals surface area contributed by atoms with Gasteiger partial charge in [0, 0.05) is 17.6 Å². The number of carbonyl (C=O) groups is 2. The SMILES string of the molecule is CCNC(=O)[C@H](C)N(Cc1cccc(Br)c1)C(=O)CN(c1ccc(OC)cc1)S(=O)(=O)c1ccccc1. The molecule has 0 radical (unpaired) electrons. The van der Waals surface area contributed by atoms with E-state index >= 15 is 0 Å². The summed E-state index contributed by atoms with van der Waals surface area (Å²) in [7, 11) is -2.59. The summed E-state index contributed by atoms with van der Waals surface area (Å²) in [5.41, 5.74) is 1.09. The average Bonchev–Trinajstić information content (AvgIpc) is 2.90. The molecule has 0 saturated heterocycles. The molecule has 8 nitrogen and oxygen atoms in total. The van der Waals surface area contributed by atoms with E-state index in [0.29, 0.717) is 18.0 Å². The zero-order valence-electron chi connectivity index (χ0n) is 20.9. The van der Waals surface area contributed by atoms with E-state index in [4.69, 9.17) is 4.74 Å². The van der Waals surface area contributed by atoms with Crippen molar-refractivity contribution in [1.82, 2.24) is 10.2 Å². The van der Waals surface area contributed by atoms with Crippen molar-refractivity contribution in [2.24, 2.45) is 0 Å². The van der Waals surface area contributed by atoms with Crippen LogP contribution in [0.15, 0.2) is 88.2 Å². The molecule has 0 fully saturated rings. The van der Waals surface area contributed by atoms with Gasteiger partial charge in [0.25, 0.3) is 10.0 Å². The Labute approximate surface area is 226 Å². The molecular weight excluding hydrogens is 558 g/mol. The number of anilines is 1. The molecule has 3 aromatic rings. The highest BCUT2D eigenvalue weighted by molar-refractivity contribution is 9.10. The number of carbonyl (C=O) groups excluding carboxylic acids is 2. The van der Waals surface area contributed by atoms with Crippen LogP contribution in [-0.2, 0) is 26.2 Å². The number of benzene rings is 3. The van der Waals surface area contributed by atoms with Crippen molar-refractivity contribution < 1.29 is 22.7 Å². The fourth-order valence-corrected chi connectivity index (χ4v) is 5.62. The highest BCUT2D eigenvalue weighted by Gasteiger charge is 2.32. The normalized spacial score (nSPS) is 11.9. The van der Waals surface area contributed by atoms with Crippen molar-refractivity contribution in [3.63, 3.8) is 0 Å². The first-order valence-corrected chi connectivity index (χ1v) is 13.9. The van der Waals surface area contributed by atoms with Crippen LogP contribution >= 0.6 is 15.9 Å². The summed E-state index contributed by atoms with van der Waals surface area (Å²) >= 11 is 3.43. The molecule has 3 aromatic carbocycles. The smallest absolute Gasteiger partial charge is 0.264 e. The van der Waals surface area contributed by atoms with Gasteiger partial charge in [-0.1, -0.05) is 46.3 Å². The minimum absolute atomic E-state index is 0.0499. The summed E-state index contributed by atoms with van der Waals surface area (Å²) in [6, 6.07) is 20.9. The Morgan fingerprint density at radius 3 is 2.27 bits per heavy atom. The third kappa shape index (κ3) is 7.11. The Balaban J connectivity index is 2.02. The second-order valence-electron chi connectivity index (χ2n) is 8.24. The number of amides is 2. The Bertz CT molecular complexity index is 1320. The summed E-state index contributed by atoms with van der Waals surface area (Å²) in [4.78, 5) is 27.9. The first-order valence-electron chi connectivity index (χ1n) is 11.7. The number of halogens is 1. The van der Waals surface area contributed by atoms with E-state index in [1.807, 2.05) is 24.3 Å². The van der Waals surface area contributed by atoms with E-state index in [-0.39, 0.29) is 17.3 Å². The first-order chi connectivity index (χ1) is 17.7. The van der Waals surface area contributed by atoms with E-state index in [0.717, 1.165) is 14.3 Å². The number of sulfonamides is 1. The Hall–Kier alpha value is -3.37. The van der Waals surface area contributed by atoms with Crippen LogP contribution in [0.3, 0.4) is 0 Å². The molecule has 0 saturated carbocycles. The molecule has 0 aliphatic carbocycles. The van der Waals surface area contributed by atoms with Gasteiger partial charge in [-0.05, 0) is 67.9 Å². The number of methoxy groups -OCH3 is 1. The zero-order chi connectivity index (χ0) is 27.0. The lowest BCUT2D eigenvalue weighted by Gasteiger charge is -2.32. The molecule has 196 valence electrons. The van der Waals surface area contributed by atoms with Crippen LogP contribution in [0.5, 0.6) is 5.75 Å². The molecule has 3 rings (SSSR count). The summed E-state index contributed by atoms with van der Waals surface area (Å²) in [5, 5.41) is 2.74. The van der Waals surface area contributed by atoms with Gasteiger partial charge >= 0.3 is 0 Å². The number of likely N-dealkylation sites (N-methyl/N-ethyl adjacent to an activating group) is 1. The maximum Gasteiger partial charge on any atom is 0.264 e. The molecule has 0 aliphatic heterocycles. The number of hydrogen-bond acceptors (Lipinski definition) is 5. The van der Waals surface area contributed by atoms with Crippen molar-refractivity contribution in [3.05, 3.63) is 88.9 Å². The fraction of sp³-hybridized carbons (Fsp3) is 0.259. The topological polar surface area (TPSA) is 96.0 Å². The van der Waals surface area contributed by atoms with Crippen LogP contribution in [-0.4, -0.2) is 51.4 Å². The fourth-order valence-electron chi connectivity index (χ4n) is 3.73. The van der Waals surface area contributed by atoms with Crippen molar-refractivity contribution in [2.45, 2.75) is 31.3 Å². The molecule has 0 unspecified atom stereocenters. The quantitative estimate of drug-likeness (QED) is 0.362. The van der Waals surface area contributed by atoms with Crippen LogP contribution in [0.1, 0.15) is 19.4 Å². The Morgan fingerprint density at radius 2 is 1.68 bits per heavy atom. The van der Waals surface area contributed by atoms with Crippen molar-refractivity contribution in [2.75, 3.05) is 24.5 Å². The van der Waals surface area contributed by atoms with Gasteiger partial charge in [0.1, 0.15) is 18.3 Å². The minimum Gasteiger partial charge on any atom is -0.497 e. The van der Waals surface area contributed by atoms with E-state index in [2.05, 4.69) is 21.2 Å². The third-order valence-electron chi connectivity index (χ3n) is 5.73. The molecule has 10 heteroatoms. The average molecular weight is 589 g/mol. The van der Waals surface area contributed by atoms with Gasteiger partial charge in [-0.3, -0.25) is 13.9 Å². The second kappa shape index (κ2) is 12.7. The number of nitrogens with one attached hydrogen (secondary N) is 1. The lowest BCUT2D eigenvalue weighted by molar-refractivity contribution is -0.139. The molecule has 2 amide bonds. The van der Waals surface area contributed by atoms with Gasteiger partial charge in [-0.2, -0.15) is 0 Å². The number of nitrogens with zero attached hydrogens (tertiary/aromatic N) is 2. The van der Waals surface area contributed by atoms with Gasteiger partial charge in [0.05, 0.1) is 17.7 Å². The van der Waals surface area contributed by atoms with Gasteiger partial charge in [-0.15, -0.1) is 0 Å². The molecule has 1 atom stereocenters. The maximum atomic E-state index is 13.8. The van der Waals surface area contributed by atoms with Gasteiger partial charge in [0.2, 0.25) is 11.8 Å². The molecule has 0 aromatic heterocycles. The Morgan fingerprint density at radius 1 is 1.00 bits per heavy atom. The zero-order valence-corrected chi connectivity index (χ0v) is 23.3. The summed E-state index contributed by atoms with van der Waals surface area (Å²) in [6.45, 7) is 3.45. The lowest BCUT2D eigenvalue weighted by atomic mass is 10.1. The van der Waals surface area contributed by atoms with Gasteiger partial charge in [0.15, 0.2) is 0 Å². The van der Waals surface area contributed by atoms with E-state index < -0.39 is 28.5 Å². The second-order valence-corrected chi connectivity index (χ2v) is 11.0. The van der Waals surface area contributed by atoms with Crippen LogP contribution in [0.4, 0.5) is 5.69 Å². The maximum absolute atomic E-state index is 13.8. The van der Waals surface area contributed by atoms with Crippen LogP contribution in [0.2, 0.25) is 0 Å². The molecule has 37 heavy (non-hydrogen) atoms. The molecular formula is C27H30BrN3O5S. The largest absolute Gasteiger partial charge is 0.497 e. The predicted octanol–water partition coefficient (Wildman–Crippen LogP) is 4.21. The van der Waals surface area contributed by atoms with Crippen molar-refractivity contribution >= 4 is 43.5 Å². The van der Waals surface area contributed by atoms with Gasteiger partial charge < -0.3 is 15.0 Å². The van der Waals surface area contributed by atoms with E-state index in [1.54, 1.807) is 56.3 Å². The summed E-state index contributed by atoms with van der Waals surface area (Å²) in [5.74, 6) is -0.296. The third-order valence-corrected chi connectivity index (χ3v) is 8.01. The number of hydrogen-bond donors (Lipinski definition) is 1. The predicted molar refractivity (Wildman–Crippen MR) is 147 cm³/mol. The lowest BCUT2D eigenvalue weighted by Crippen LogP contribution is -2.51. The minimum atomic E-state index is -4.10. The van der Waals surface area contributed by atoms with Crippen LogP contribution < -0.4 is 14.4 Å². The summed E-state index contributed by atoms with van der Waals surface area (Å²) < 4.78 is 34.5. The molecule has 0 spiro atoms. The Kier molecular flexibility index (Phi) is 9.71. The van der Waals surface area contributed by atoms with Gasteiger partial charge in [-0.25, -0.2) is 8.42 Å². The van der Waals surface area contributed by atoms with E-state index in [1.165, 1.54) is 24.1 Å². The highest BCUT2D eigenvalue weighted by atomic mass is 79.9. The van der Waals surface area contributed by atoms with Crippen LogP contribution in [0.25, 0.3) is 0 Å². The standard InChI is InChI=1S/C27H30BrN3O5S/c1-4-29-27(33)20(2)30(18-21-9-8-10-22(28)17-21)26(32)19-31(23-13-15-24(36-3)16-14-23)37(34,35)25-11-6-5-7-12-25/h5-17,20H,4,18-19H2,1-3H3,(H,29,33)/t20-/m0/s1. The monoisotopic (exact) mass is 587 g/mol. The molecule has 1 N–H and O–H groups in total. The molecule has 0 heterocycles. The van der Waals surface area contributed by atoms with Crippen molar-refractivity contribution in [3.8, 4) is 5.75 Å². The summed E-state index contributed by atoms with van der Waals surface area (Å²) in [6.07, 6.45) is 0. The number of ether oxygens (including phenoxy) is 1. The van der Waals surface area contributed by atoms with Crippen molar-refractivity contribution in [1.29, 1.82) is 0 Å². The molecule has 0 aliphatic rings.